The van der Waals surface area contributed by atoms with Gasteiger partial charge in [0, 0.05) is 12.0 Å². The molecule has 0 aliphatic carbocycles. The van der Waals surface area contributed by atoms with Crippen molar-refractivity contribution in [1.82, 2.24) is 0 Å². The predicted octanol–water partition coefficient (Wildman–Crippen LogP) is 1.43. The minimum atomic E-state index is -0.476. The molecular weight excluding hydrogens is 243 g/mol. The van der Waals surface area contributed by atoms with Crippen molar-refractivity contribution < 1.29 is 19.2 Å². The Morgan fingerprint density at radius 3 is 2.32 bits per heavy atom. The lowest BCUT2D eigenvalue weighted by molar-refractivity contribution is -0.107. The molecule has 1 aromatic carbocycles. The molecule has 0 spiro atoms. The van der Waals surface area contributed by atoms with Crippen LogP contribution < -0.4 is 5.46 Å². The van der Waals surface area contributed by atoms with Gasteiger partial charge in [0.15, 0.2) is 0 Å². The fourth-order valence-corrected chi connectivity index (χ4v) is 1.98. The van der Waals surface area contributed by atoms with Crippen molar-refractivity contribution in [2.24, 2.45) is 0 Å². The third-order valence-corrected chi connectivity index (χ3v) is 3.93. The average molecular weight is 262 g/mol. The van der Waals surface area contributed by atoms with Crippen LogP contribution in [0.5, 0.6) is 5.75 Å². The Bertz CT molecular complexity index is 480. The van der Waals surface area contributed by atoms with Crippen molar-refractivity contribution in [1.29, 1.82) is 0 Å². The molecule has 0 bridgehead atoms. The van der Waals surface area contributed by atoms with Crippen LogP contribution in [0.3, 0.4) is 0 Å². The first-order valence-electron chi connectivity index (χ1n) is 6.38. The normalized spacial score (nSPS) is 20.5. The number of rotatable bonds is 3. The van der Waals surface area contributed by atoms with Gasteiger partial charge < -0.3 is 19.2 Å². The van der Waals surface area contributed by atoms with E-state index in [1.807, 2.05) is 27.7 Å². The Labute approximate surface area is 113 Å². The van der Waals surface area contributed by atoms with E-state index in [0.29, 0.717) is 5.56 Å². The molecule has 0 amide bonds. The van der Waals surface area contributed by atoms with Crippen molar-refractivity contribution in [3.05, 3.63) is 23.8 Å². The van der Waals surface area contributed by atoms with Crippen molar-refractivity contribution in [2.45, 2.75) is 45.3 Å². The number of aromatic hydroxyl groups is 1. The van der Waals surface area contributed by atoms with E-state index in [0.717, 1.165) is 11.7 Å². The van der Waals surface area contributed by atoms with Crippen LogP contribution in [-0.2, 0) is 20.5 Å². The third kappa shape index (κ3) is 2.53. The highest BCUT2D eigenvalue weighted by atomic mass is 16.7. The molecule has 102 valence electrons. The fraction of sp³-hybridized carbons (Fsp3) is 0.500. The highest BCUT2D eigenvalue weighted by Crippen LogP contribution is 2.36. The monoisotopic (exact) mass is 262 g/mol. The number of benzene rings is 1. The van der Waals surface area contributed by atoms with Crippen molar-refractivity contribution in [3.63, 3.8) is 0 Å². The maximum absolute atomic E-state index is 10.6. The SMILES string of the molecule is CC1(C)OB(c2ccc(O)c(CC=O)c2)OC1(C)C. The topological polar surface area (TPSA) is 55.8 Å². The maximum atomic E-state index is 10.6. The summed E-state index contributed by atoms with van der Waals surface area (Å²) in [6, 6.07) is 5.08. The number of carbonyl (C=O) groups is 1. The van der Waals surface area contributed by atoms with Crippen LogP contribution in [-0.4, -0.2) is 29.7 Å². The molecule has 1 heterocycles. The molecule has 19 heavy (non-hydrogen) atoms. The molecule has 1 saturated heterocycles. The number of carbonyl (C=O) groups excluding carboxylic acids is 1. The van der Waals surface area contributed by atoms with E-state index >= 15 is 0 Å². The first kappa shape index (κ1) is 14.1. The fourth-order valence-electron chi connectivity index (χ4n) is 1.98. The zero-order chi connectivity index (χ0) is 14.3. The second kappa shape index (κ2) is 4.65. The van der Waals surface area contributed by atoms with Gasteiger partial charge in [-0.25, -0.2) is 0 Å². The van der Waals surface area contributed by atoms with E-state index in [2.05, 4.69) is 0 Å². The van der Waals surface area contributed by atoms with Crippen LogP contribution in [0.2, 0.25) is 0 Å². The Hall–Kier alpha value is -1.33. The molecule has 0 unspecified atom stereocenters. The van der Waals surface area contributed by atoms with E-state index in [4.69, 9.17) is 9.31 Å². The quantitative estimate of drug-likeness (QED) is 0.661. The first-order valence-corrected chi connectivity index (χ1v) is 6.38. The van der Waals surface area contributed by atoms with Crippen molar-refractivity contribution in [2.75, 3.05) is 0 Å². The van der Waals surface area contributed by atoms with Crippen LogP contribution >= 0.6 is 0 Å². The molecule has 1 N–H and O–H groups in total. The van der Waals surface area contributed by atoms with Gasteiger partial charge in [0.2, 0.25) is 0 Å². The standard InChI is InChI=1S/C14H19BO4/c1-13(2)14(3,4)19-15(18-13)11-5-6-12(17)10(9-11)7-8-16/h5-6,8-9,17H,7H2,1-4H3. The Balaban J connectivity index is 2.29. The Morgan fingerprint density at radius 2 is 1.79 bits per heavy atom. The molecule has 0 saturated carbocycles. The molecule has 0 atom stereocenters. The van der Waals surface area contributed by atoms with Gasteiger partial charge in [-0.05, 0) is 39.2 Å². The smallest absolute Gasteiger partial charge is 0.494 e. The van der Waals surface area contributed by atoms with Gasteiger partial charge in [0.05, 0.1) is 11.2 Å². The molecule has 5 heteroatoms. The number of aldehydes is 1. The zero-order valence-corrected chi connectivity index (χ0v) is 11.8. The zero-order valence-electron chi connectivity index (χ0n) is 11.8. The minimum absolute atomic E-state index is 0.118. The van der Waals surface area contributed by atoms with E-state index in [-0.39, 0.29) is 12.2 Å². The second-order valence-corrected chi connectivity index (χ2v) is 5.85. The van der Waals surface area contributed by atoms with Crippen LogP contribution in [0, 0.1) is 0 Å². The van der Waals surface area contributed by atoms with Gasteiger partial charge in [-0.3, -0.25) is 0 Å². The van der Waals surface area contributed by atoms with Crippen LogP contribution in [0.1, 0.15) is 33.3 Å². The highest BCUT2D eigenvalue weighted by Gasteiger charge is 2.51. The molecule has 0 radical (unpaired) electrons. The van der Waals surface area contributed by atoms with Crippen LogP contribution in [0.15, 0.2) is 18.2 Å². The Kier molecular flexibility index (Phi) is 3.45. The van der Waals surface area contributed by atoms with Crippen LogP contribution in [0.25, 0.3) is 0 Å². The highest BCUT2D eigenvalue weighted by molar-refractivity contribution is 6.62. The summed E-state index contributed by atoms with van der Waals surface area (Å²) < 4.78 is 11.9. The van der Waals surface area contributed by atoms with Crippen LogP contribution in [0.4, 0.5) is 0 Å². The molecule has 0 aromatic heterocycles. The first-order chi connectivity index (χ1) is 8.77. The summed E-state index contributed by atoms with van der Waals surface area (Å²) in [4.78, 5) is 10.6. The van der Waals surface area contributed by atoms with Gasteiger partial charge in [0.25, 0.3) is 0 Å². The molecule has 4 nitrogen and oxygen atoms in total. The molecule has 2 rings (SSSR count). The molecule has 1 aliphatic rings. The summed E-state index contributed by atoms with van der Waals surface area (Å²) >= 11 is 0. The Morgan fingerprint density at radius 1 is 1.21 bits per heavy atom. The summed E-state index contributed by atoms with van der Waals surface area (Å²) in [5, 5.41) is 9.67. The third-order valence-electron chi connectivity index (χ3n) is 3.93. The number of hydrogen-bond donors (Lipinski definition) is 1. The number of phenols is 1. The molecule has 1 aromatic rings. The lowest BCUT2D eigenvalue weighted by Gasteiger charge is -2.32. The number of phenolic OH excluding ortho intramolecular Hbond substituents is 1. The van der Waals surface area contributed by atoms with Gasteiger partial charge in [-0.1, -0.05) is 12.1 Å². The van der Waals surface area contributed by atoms with Gasteiger partial charge in [-0.15, -0.1) is 0 Å². The lowest BCUT2D eigenvalue weighted by Crippen LogP contribution is -2.41. The summed E-state index contributed by atoms with van der Waals surface area (Å²) in [6.45, 7) is 7.94. The van der Waals surface area contributed by atoms with Gasteiger partial charge in [-0.2, -0.15) is 0 Å². The average Bonchev–Trinajstić information content (AvgIpc) is 2.51. The van der Waals surface area contributed by atoms with E-state index in [1.54, 1.807) is 18.2 Å². The van der Waals surface area contributed by atoms with E-state index < -0.39 is 18.3 Å². The number of hydrogen-bond acceptors (Lipinski definition) is 4. The van der Waals surface area contributed by atoms with Crippen molar-refractivity contribution >= 4 is 18.9 Å². The summed E-state index contributed by atoms with van der Waals surface area (Å²) in [5.74, 6) is 0.118. The predicted molar refractivity (Wildman–Crippen MR) is 73.6 cm³/mol. The largest absolute Gasteiger partial charge is 0.508 e. The maximum Gasteiger partial charge on any atom is 0.494 e. The summed E-state index contributed by atoms with van der Waals surface area (Å²) in [6.07, 6.45) is 0.947. The second-order valence-electron chi connectivity index (χ2n) is 5.85. The molecule has 1 aliphatic heterocycles. The summed E-state index contributed by atoms with van der Waals surface area (Å²) in [5.41, 5.74) is 0.594. The van der Waals surface area contributed by atoms with E-state index in [1.165, 1.54) is 0 Å². The summed E-state index contributed by atoms with van der Waals surface area (Å²) in [7, 11) is -0.476. The molecular formula is C14H19BO4. The lowest BCUT2D eigenvalue weighted by atomic mass is 9.78. The molecule has 1 fully saturated rings. The van der Waals surface area contributed by atoms with Gasteiger partial charge in [0.1, 0.15) is 12.0 Å². The van der Waals surface area contributed by atoms with Gasteiger partial charge >= 0.3 is 7.12 Å². The van der Waals surface area contributed by atoms with Crippen molar-refractivity contribution in [3.8, 4) is 5.75 Å². The minimum Gasteiger partial charge on any atom is -0.508 e. The van der Waals surface area contributed by atoms with E-state index in [9.17, 15) is 9.90 Å².